The summed E-state index contributed by atoms with van der Waals surface area (Å²) in [7, 11) is 0. The third kappa shape index (κ3) is 4.33. The topological polar surface area (TPSA) is 80.9 Å². The Morgan fingerprint density at radius 1 is 0.452 bits per heavy atom. The second kappa shape index (κ2) is 8.44. The van der Waals surface area contributed by atoms with Crippen molar-refractivity contribution in [2.45, 2.75) is 18.8 Å². The van der Waals surface area contributed by atoms with Crippen molar-refractivity contribution in [1.82, 2.24) is 0 Å². The molecule has 0 saturated carbocycles. The number of aromatic hydroxyl groups is 4. The number of phenols is 4. The molecule has 0 bridgehead atoms. The van der Waals surface area contributed by atoms with Crippen LogP contribution >= 0.6 is 0 Å². The average Bonchev–Trinajstić information content (AvgIpc) is 2.77. The van der Waals surface area contributed by atoms with Gasteiger partial charge in [-0.1, -0.05) is 48.5 Å². The number of hydrogen-bond donors (Lipinski definition) is 4. The summed E-state index contributed by atoms with van der Waals surface area (Å²) in [5.41, 5.74) is 4.76. The maximum absolute atomic E-state index is 10.1. The number of aryl methyl sites for hydroxylation is 1. The number of rotatable bonds is 5. The van der Waals surface area contributed by atoms with E-state index in [1.165, 1.54) is 0 Å². The Labute approximate surface area is 181 Å². The molecular weight excluding hydrogens is 388 g/mol. The molecule has 156 valence electrons. The molecule has 0 radical (unpaired) electrons. The molecule has 4 nitrogen and oxygen atoms in total. The normalized spacial score (nSPS) is 12.1. The maximum atomic E-state index is 10.1. The molecule has 0 aromatic heterocycles. The predicted molar refractivity (Wildman–Crippen MR) is 121 cm³/mol. The summed E-state index contributed by atoms with van der Waals surface area (Å²) in [4.78, 5) is 0. The van der Waals surface area contributed by atoms with E-state index in [1.807, 2.05) is 55.5 Å². The summed E-state index contributed by atoms with van der Waals surface area (Å²) >= 11 is 0. The minimum absolute atomic E-state index is 0.144. The molecule has 1 unspecified atom stereocenters. The first-order chi connectivity index (χ1) is 14.9. The van der Waals surface area contributed by atoms with Crippen LogP contribution < -0.4 is 0 Å². The standard InChI is InChI=1S/C27H24O4/c1-17-16-21(8-15-25(17)31)27(20-6-13-24(30)14-7-20)26(18-2-9-22(28)10-3-18)19-4-11-23(29)12-5-19/h2-16,26-31H,1H3. The van der Waals surface area contributed by atoms with Crippen LogP contribution in [0.5, 0.6) is 23.0 Å². The Balaban J connectivity index is 1.96. The van der Waals surface area contributed by atoms with Gasteiger partial charge in [0, 0.05) is 11.8 Å². The van der Waals surface area contributed by atoms with Crippen molar-refractivity contribution in [2.24, 2.45) is 0 Å². The highest BCUT2D eigenvalue weighted by molar-refractivity contribution is 5.49. The van der Waals surface area contributed by atoms with Crippen LogP contribution in [0.4, 0.5) is 0 Å². The monoisotopic (exact) mass is 412 g/mol. The second-order valence-corrected chi connectivity index (χ2v) is 7.78. The van der Waals surface area contributed by atoms with E-state index < -0.39 is 0 Å². The van der Waals surface area contributed by atoms with Gasteiger partial charge >= 0.3 is 0 Å². The van der Waals surface area contributed by atoms with Crippen molar-refractivity contribution in [2.75, 3.05) is 0 Å². The summed E-state index contributed by atoms with van der Waals surface area (Å²) in [5.74, 6) is 0.516. The first kappa shape index (κ1) is 20.4. The van der Waals surface area contributed by atoms with Crippen LogP contribution in [0.3, 0.4) is 0 Å². The zero-order valence-electron chi connectivity index (χ0n) is 17.1. The minimum atomic E-state index is -0.144. The van der Waals surface area contributed by atoms with Gasteiger partial charge in [-0.2, -0.15) is 0 Å². The van der Waals surface area contributed by atoms with E-state index in [-0.39, 0.29) is 34.8 Å². The molecule has 4 N–H and O–H groups in total. The molecule has 31 heavy (non-hydrogen) atoms. The van der Waals surface area contributed by atoms with Gasteiger partial charge in [-0.3, -0.25) is 0 Å². The van der Waals surface area contributed by atoms with Gasteiger partial charge < -0.3 is 20.4 Å². The lowest BCUT2D eigenvalue weighted by atomic mass is 9.73. The summed E-state index contributed by atoms with van der Waals surface area (Å²) in [6.07, 6.45) is 0. The van der Waals surface area contributed by atoms with Crippen LogP contribution in [0.15, 0.2) is 91.0 Å². The van der Waals surface area contributed by atoms with E-state index in [0.717, 1.165) is 27.8 Å². The van der Waals surface area contributed by atoms with Crippen LogP contribution in [0, 0.1) is 6.92 Å². The SMILES string of the molecule is Cc1cc(C(c2ccc(O)cc2)C(c2ccc(O)cc2)c2ccc(O)cc2)ccc1O. The van der Waals surface area contributed by atoms with Crippen molar-refractivity contribution in [3.05, 3.63) is 119 Å². The molecule has 4 aromatic rings. The lowest BCUT2D eigenvalue weighted by Gasteiger charge is -2.30. The van der Waals surface area contributed by atoms with Gasteiger partial charge in [-0.05, 0) is 77.2 Å². The number of phenolic OH excluding ortho intramolecular Hbond substituents is 4. The molecule has 0 fully saturated rings. The smallest absolute Gasteiger partial charge is 0.118 e. The third-order valence-electron chi connectivity index (χ3n) is 5.67. The minimum Gasteiger partial charge on any atom is -0.508 e. The molecule has 4 aromatic carbocycles. The van der Waals surface area contributed by atoms with Gasteiger partial charge in [0.25, 0.3) is 0 Å². The third-order valence-corrected chi connectivity index (χ3v) is 5.67. The Bertz CT molecular complexity index is 1120. The summed E-state index contributed by atoms with van der Waals surface area (Å²) in [6.45, 7) is 1.86. The predicted octanol–water partition coefficient (Wildman–Crippen LogP) is 5.78. The van der Waals surface area contributed by atoms with Gasteiger partial charge in [0.2, 0.25) is 0 Å². The van der Waals surface area contributed by atoms with Crippen molar-refractivity contribution in [1.29, 1.82) is 0 Å². The fourth-order valence-electron chi connectivity index (χ4n) is 4.07. The molecule has 0 spiro atoms. The van der Waals surface area contributed by atoms with Gasteiger partial charge in [0.15, 0.2) is 0 Å². The summed E-state index contributed by atoms with van der Waals surface area (Å²) in [5, 5.41) is 39.6. The highest BCUT2D eigenvalue weighted by Crippen LogP contribution is 2.44. The average molecular weight is 412 g/mol. The van der Waals surface area contributed by atoms with Gasteiger partial charge in [0.05, 0.1) is 0 Å². The summed E-state index contributed by atoms with van der Waals surface area (Å²) in [6, 6.07) is 27.0. The zero-order chi connectivity index (χ0) is 22.0. The quantitative estimate of drug-likeness (QED) is 0.335. The van der Waals surface area contributed by atoms with Crippen molar-refractivity contribution in [3.8, 4) is 23.0 Å². The highest BCUT2D eigenvalue weighted by Gasteiger charge is 2.29. The molecule has 0 heterocycles. The van der Waals surface area contributed by atoms with Crippen molar-refractivity contribution >= 4 is 0 Å². The largest absolute Gasteiger partial charge is 0.508 e. The Kier molecular flexibility index (Phi) is 5.54. The van der Waals surface area contributed by atoms with Gasteiger partial charge in [0.1, 0.15) is 23.0 Å². The molecule has 4 rings (SSSR count). The Morgan fingerprint density at radius 3 is 1.13 bits per heavy atom. The second-order valence-electron chi connectivity index (χ2n) is 7.78. The molecular formula is C27H24O4. The fourth-order valence-corrected chi connectivity index (χ4v) is 4.07. The van der Waals surface area contributed by atoms with Crippen molar-refractivity contribution in [3.63, 3.8) is 0 Å². The maximum Gasteiger partial charge on any atom is 0.118 e. The lowest BCUT2D eigenvalue weighted by Crippen LogP contribution is -2.15. The van der Waals surface area contributed by atoms with E-state index in [4.69, 9.17) is 0 Å². The summed E-state index contributed by atoms with van der Waals surface area (Å²) < 4.78 is 0. The first-order valence-electron chi connectivity index (χ1n) is 10.1. The number of hydrogen-bond acceptors (Lipinski definition) is 4. The van der Waals surface area contributed by atoms with Crippen molar-refractivity contribution < 1.29 is 20.4 Å². The lowest BCUT2D eigenvalue weighted by molar-refractivity contribution is 0.470. The van der Waals surface area contributed by atoms with E-state index in [0.29, 0.717) is 0 Å². The van der Waals surface area contributed by atoms with Crippen LogP contribution in [0.2, 0.25) is 0 Å². The van der Waals surface area contributed by atoms with E-state index >= 15 is 0 Å². The highest BCUT2D eigenvalue weighted by atomic mass is 16.3. The van der Waals surface area contributed by atoms with E-state index in [2.05, 4.69) is 0 Å². The van der Waals surface area contributed by atoms with Crippen LogP contribution in [0.1, 0.15) is 39.7 Å². The first-order valence-corrected chi connectivity index (χ1v) is 10.1. The Hall–Kier alpha value is -3.92. The molecule has 0 aliphatic carbocycles. The Morgan fingerprint density at radius 2 is 0.774 bits per heavy atom. The molecule has 0 amide bonds. The van der Waals surface area contributed by atoms with E-state index in [9.17, 15) is 20.4 Å². The fraction of sp³-hybridized carbons (Fsp3) is 0.111. The van der Waals surface area contributed by atoms with Gasteiger partial charge in [-0.25, -0.2) is 0 Å². The van der Waals surface area contributed by atoms with E-state index in [1.54, 1.807) is 42.5 Å². The number of benzene rings is 4. The molecule has 0 aliphatic rings. The van der Waals surface area contributed by atoms with Crippen LogP contribution in [-0.4, -0.2) is 20.4 Å². The molecule has 0 aliphatic heterocycles. The van der Waals surface area contributed by atoms with Crippen LogP contribution in [0.25, 0.3) is 0 Å². The zero-order valence-corrected chi connectivity index (χ0v) is 17.1. The van der Waals surface area contributed by atoms with Crippen LogP contribution in [-0.2, 0) is 0 Å². The van der Waals surface area contributed by atoms with Gasteiger partial charge in [-0.15, -0.1) is 0 Å². The molecule has 0 saturated heterocycles. The molecule has 4 heteroatoms. The molecule has 1 atom stereocenters.